The number of rotatable bonds is 6. The van der Waals surface area contributed by atoms with Crippen molar-refractivity contribution in [1.29, 1.82) is 0 Å². The van der Waals surface area contributed by atoms with E-state index in [0.29, 0.717) is 53.7 Å². The highest BCUT2D eigenvalue weighted by atomic mass is 32.2. The van der Waals surface area contributed by atoms with E-state index in [4.69, 9.17) is 4.74 Å². The Bertz CT molecular complexity index is 1470. The molecule has 4 aliphatic carbocycles. The number of hydrogen-bond donors (Lipinski definition) is 1. The first-order valence-electron chi connectivity index (χ1n) is 13.9. The lowest BCUT2D eigenvalue weighted by molar-refractivity contribution is -0.140. The second-order valence-corrected chi connectivity index (χ2v) is 13.7. The van der Waals surface area contributed by atoms with Crippen molar-refractivity contribution in [2.75, 3.05) is 11.9 Å². The number of anilines is 1. The van der Waals surface area contributed by atoms with Gasteiger partial charge in [-0.25, -0.2) is 18.4 Å². The number of aromatic nitrogens is 2. The smallest absolute Gasteiger partial charge is 0.243 e. The van der Waals surface area contributed by atoms with Crippen LogP contribution >= 0.6 is 0 Å². The summed E-state index contributed by atoms with van der Waals surface area (Å²) in [5.41, 5.74) is 1.21. The fraction of sp³-hybridized carbons (Fsp3) is 0.433. The summed E-state index contributed by atoms with van der Waals surface area (Å²) < 4.78 is 34.2. The van der Waals surface area contributed by atoms with Gasteiger partial charge in [-0.3, -0.25) is 4.79 Å². The van der Waals surface area contributed by atoms with Gasteiger partial charge in [0.1, 0.15) is 23.6 Å². The Kier molecular flexibility index (Phi) is 5.97. The highest BCUT2D eigenvalue weighted by Gasteiger charge is 2.54. The second kappa shape index (κ2) is 9.41. The zero-order valence-electron chi connectivity index (χ0n) is 21.8. The van der Waals surface area contributed by atoms with Gasteiger partial charge in [0, 0.05) is 12.1 Å². The summed E-state index contributed by atoms with van der Waals surface area (Å²) in [7, 11) is -3.73. The van der Waals surface area contributed by atoms with Gasteiger partial charge in [0.15, 0.2) is 0 Å². The van der Waals surface area contributed by atoms with Crippen LogP contribution in [0.4, 0.5) is 5.82 Å². The molecule has 4 fully saturated rings. The summed E-state index contributed by atoms with van der Waals surface area (Å²) in [4.78, 5) is 22.7. The second-order valence-electron chi connectivity index (χ2n) is 11.8. The first kappa shape index (κ1) is 24.7. The van der Waals surface area contributed by atoms with Crippen molar-refractivity contribution in [3.8, 4) is 11.5 Å². The van der Waals surface area contributed by atoms with Gasteiger partial charge >= 0.3 is 0 Å². The van der Waals surface area contributed by atoms with Gasteiger partial charge in [-0.15, -0.1) is 0 Å². The molecule has 8 rings (SSSR count). The third-order valence-electron chi connectivity index (χ3n) is 9.16. The molecule has 0 spiro atoms. The van der Waals surface area contributed by atoms with Crippen molar-refractivity contribution in [2.45, 2.75) is 56.4 Å². The lowest BCUT2D eigenvalue weighted by Gasteiger charge is -2.55. The zero-order chi connectivity index (χ0) is 26.6. The molecule has 202 valence electrons. The van der Waals surface area contributed by atoms with Gasteiger partial charge in [0.25, 0.3) is 0 Å². The molecule has 1 N–H and O–H groups in total. The predicted molar refractivity (Wildman–Crippen MR) is 146 cm³/mol. The van der Waals surface area contributed by atoms with Crippen LogP contribution in [0.2, 0.25) is 0 Å². The number of benzene rings is 2. The largest absolute Gasteiger partial charge is 0.457 e. The van der Waals surface area contributed by atoms with E-state index in [2.05, 4.69) is 15.3 Å². The van der Waals surface area contributed by atoms with Gasteiger partial charge in [0.05, 0.1) is 22.5 Å². The van der Waals surface area contributed by atoms with Gasteiger partial charge < -0.3 is 10.1 Å². The van der Waals surface area contributed by atoms with Gasteiger partial charge in [-0.1, -0.05) is 18.2 Å². The van der Waals surface area contributed by atoms with E-state index in [1.807, 2.05) is 30.3 Å². The molecule has 5 aliphatic rings. The molecule has 39 heavy (non-hydrogen) atoms. The van der Waals surface area contributed by atoms with E-state index in [9.17, 15) is 13.2 Å². The van der Waals surface area contributed by atoms with E-state index >= 15 is 0 Å². The first-order valence-corrected chi connectivity index (χ1v) is 15.3. The Balaban J connectivity index is 1.06. The number of nitrogens with one attached hydrogen (secondary N) is 1. The summed E-state index contributed by atoms with van der Waals surface area (Å²) in [6.07, 6.45) is 8.67. The zero-order valence-corrected chi connectivity index (χ0v) is 22.6. The minimum absolute atomic E-state index is 0.0929. The maximum atomic E-state index is 13.6. The van der Waals surface area contributed by atoms with E-state index in [0.717, 1.165) is 24.8 Å². The van der Waals surface area contributed by atoms with E-state index in [1.54, 1.807) is 24.3 Å². The fourth-order valence-corrected chi connectivity index (χ4v) is 9.13. The summed E-state index contributed by atoms with van der Waals surface area (Å²) >= 11 is 0. The monoisotopic (exact) mass is 544 g/mol. The summed E-state index contributed by atoms with van der Waals surface area (Å²) in [5, 5.41) is 3.17. The molecule has 9 heteroatoms. The molecule has 2 aromatic carbocycles. The minimum atomic E-state index is -3.73. The maximum absolute atomic E-state index is 13.6. The third kappa shape index (κ3) is 4.51. The van der Waals surface area contributed by atoms with Crippen LogP contribution in [-0.2, 0) is 27.8 Å². The average Bonchev–Trinajstić information content (AvgIpc) is 2.93. The molecule has 0 radical (unpaired) electrons. The van der Waals surface area contributed by atoms with Crippen molar-refractivity contribution in [3.05, 3.63) is 72.2 Å². The number of carbonyl (C=O) groups excluding carboxylic acids is 1. The van der Waals surface area contributed by atoms with Crippen molar-refractivity contribution in [3.63, 3.8) is 0 Å². The normalized spacial score (nSPS) is 27.6. The number of nitrogens with zero attached hydrogens (tertiary/aromatic N) is 3. The summed E-state index contributed by atoms with van der Waals surface area (Å²) in [5.74, 6) is 3.93. The standard InChI is InChI=1S/C30H32N4O4S/c35-29(30-15-20-12-21(16-30)14-22(13-20)17-30)33-28-26-10-11-34(18-27(26)31-19-32-28)39(36,37)25-8-6-24(7-9-25)38-23-4-2-1-3-5-23/h1-9,19-22H,10-18H2,(H,31,32,33,35). The number of carbonyl (C=O) groups is 1. The molecule has 4 saturated carbocycles. The Labute approximate surface area is 228 Å². The Morgan fingerprint density at radius 3 is 2.21 bits per heavy atom. The van der Waals surface area contributed by atoms with Gasteiger partial charge in [-0.05, 0) is 99.1 Å². The average molecular weight is 545 g/mol. The van der Waals surface area contributed by atoms with Crippen molar-refractivity contribution < 1.29 is 17.9 Å². The van der Waals surface area contributed by atoms with Crippen LogP contribution in [0, 0.1) is 23.2 Å². The SMILES string of the molecule is O=C(Nc1ncnc2c1CCN(S(=O)(=O)c1ccc(Oc3ccccc3)cc1)C2)C12CC3CC(CC(C3)C1)C2. The van der Waals surface area contributed by atoms with Crippen LogP contribution in [-0.4, -0.2) is 35.1 Å². The van der Waals surface area contributed by atoms with Crippen molar-refractivity contribution in [1.82, 2.24) is 14.3 Å². The third-order valence-corrected chi connectivity index (χ3v) is 11.0. The van der Waals surface area contributed by atoms with E-state index in [1.165, 1.54) is 29.9 Å². The number of hydrogen-bond acceptors (Lipinski definition) is 6. The van der Waals surface area contributed by atoms with E-state index in [-0.39, 0.29) is 22.8 Å². The van der Waals surface area contributed by atoms with Gasteiger partial charge in [-0.2, -0.15) is 4.31 Å². The summed E-state index contributed by atoms with van der Waals surface area (Å²) in [6, 6.07) is 15.8. The lowest BCUT2D eigenvalue weighted by Crippen LogP contribution is -2.52. The number of ether oxygens (including phenoxy) is 1. The lowest BCUT2D eigenvalue weighted by atomic mass is 9.49. The highest BCUT2D eigenvalue weighted by molar-refractivity contribution is 7.89. The van der Waals surface area contributed by atoms with Crippen LogP contribution < -0.4 is 10.1 Å². The fourth-order valence-electron chi connectivity index (χ4n) is 7.73. The number of amides is 1. The van der Waals surface area contributed by atoms with Gasteiger partial charge in [0.2, 0.25) is 15.9 Å². The molecule has 1 aliphatic heterocycles. The molecule has 1 aromatic heterocycles. The van der Waals surface area contributed by atoms with E-state index < -0.39 is 10.0 Å². The molecule has 8 nitrogen and oxygen atoms in total. The van der Waals surface area contributed by atoms with Crippen molar-refractivity contribution >= 4 is 21.7 Å². The van der Waals surface area contributed by atoms with Crippen LogP contribution in [0.1, 0.15) is 49.8 Å². The number of sulfonamides is 1. The van der Waals surface area contributed by atoms with Crippen LogP contribution in [0.3, 0.4) is 0 Å². The Hall–Kier alpha value is -3.30. The summed E-state index contributed by atoms with van der Waals surface area (Å²) in [6.45, 7) is 0.438. The number of para-hydroxylation sites is 1. The molecule has 0 atom stereocenters. The first-order chi connectivity index (χ1) is 18.9. The number of fused-ring (bicyclic) bond motifs is 1. The Morgan fingerprint density at radius 1 is 0.897 bits per heavy atom. The molecule has 3 aromatic rings. The topological polar surface area (TPSA) is 101 Å². The Morgan fingerprint density at radius 2 is 1.54 bits per heavy atom. The van der Waals surface area contributed by atoms with Crippen LogP contribution in [0.15, 0.2) is 65.8 Å². The molecule has 0 unspecified atom stereocenters. The molecular weight excluding hydrogens is 512 g/mol. The van der Waals surface area contributed by atoms with Crippen LogP contribution in [0.5, 0.6) is 11.5 Å². The molecule has 2 heterocycles. The molecule has 0 saturated heterocycles. The predicted octanol–water partition coefficient (Wildman–Crippen LogP) is 5.17. The van der Waals surface area contributed by atoms with Crippen molar-refractivity contribution in [2.24, 2.45) is 23.2 Å². The quantitative estimate of drug-likeness (QED) is 0.459. The van der Waals surface area contributed by atoms with Crippen LogP contribution in [0.25, 0.3) is 0 Å². The highest BCUT2D eigenvalue weighted by Crippen LogP contribution is 2.60. The molecule has 1 amide bonds. The molecular formula is C30H32N4O4S. The molecule has 4 bridgehead atoms. The maximum Gasteiger partial charge on any atom is 0.243 e. The minimum Gasteiger partial charge on any atom is -0.457 e.